The molecule has 2 amide bonds. The number of piperazine rings is 1. The number of benzene rings is 1. The SMILES string of the molecule is CN1CCN(CCCCNC(=O)CN2C(=O)COc3ccc([N+](=O)[O-])cc32)CC1. The summed E-state index contributed by atoms with van der Waals surface area (Å²) < 4.78 is 5.31. The lowest BCUT2D eigenvalue weighted by Gasteiger charge is -2.32. The van der Waals surface area contributed by atoms with E-state index in [0.29, 0.717) is 12.3 Å². The molecular formula is C19H27N5O5. The Bertz CT molecular complexity index is 763. The Morgan fingerprint density at radius 1 is 1.24 bits per heavy atom. The summed E-state index contributed by atoms with van der Waals surface area (Å²) in [7, 11) is 2.13. The van der Waals surface area contributed by atoms with Crippen LogP contribution in [0.15, 0.2) is 18.2 Å². The van der Waals surface area contributed by atoms with Crippen molar-refractivity contribution < 1.29 is 19.2 Å². The molecule has 0 bridgehead atoms. The van der Waals surface area contributed by atoms with Crippen molar-refractivity contribution in [3.8, 4) is 5.75 Å². The van der Waals surface area contributed by atoms with E-state index in [1.165, 1.54) is 23.1 Å². The molecule has 3 rings (SSSR count). The number of fused-ring (bicyclic) bond motifs is 1. The molecule has 10 heteroatoms. The van der Waals surface area contributed by atoms with Crippen LogP contribution in [0.3, 0.4) is 0 Å². The van der Waals surface area contributed by atoms with E-state index in [1.807, 2.05) is 0 Å². The number of non-ortho nitro benzene ring substituents is 1. The highest BCUT2D eigenvalue weighted by atomic mass is 16.6. The molecule has 2 aliphatic rings. The first-order valence-corrected chi connectivity index (χ1v) is 9.83. The van der Waals surface area contributed by atoms with Crippen molar-refractivity contribution in [3.05, 3.63) is 28.3 Å². The van der Waals surface area contributed by atoms with Crippen LogP contribution in [0.2, 0.25) is 0 Å². The van der Waals surface area contributed by atoms with E-state index in [1.54, 1.807) is 0 Å². The minimum Gasteiger partial charge on any atom is -0.482 e. The van der Waals surface area contributed by atoms with E-state index >= 15 is 0 Å². The highest BCUT2D eigenvalue weighted by molar-refractivity contribution is 6.02. The van der Waals surface area contributed by atoms with Gasteiger partial charge in [-0.1, -0.05) is 0 Å². The fourth-order valence-corrected chi connectivity index (χ4v) is 3.44. The third-order valence-corrected chi connectivity index (χ3v) is 5.22. The second-order valence-corrected chi connectivity index (χ2v) is 7.38. The zero-order chi connectivity index (χ0) is 20.8. The van der Waals surface area contributed by atoms with Gasteiger partial charge in [0.05, 0.1) is 10.6 Å². The van der Waals surface area contributed by atoms with Gasteiger partial charge in [-0.05, 0) is 32.5 Å². The first-order valence-electron chi connectivity index (χ1n) is 9.83. The minimum atomic E-state index is -0.544. The van der Waals surface area contributed by atoms with Crippen LogP contribution in [0.1, 0.15) is 12.8 Å². The average molecular weight is 405 g/mol. The van der Waals surface area contributed by atoms with Gasteiger partial charge in [0, 0.05) is 44.9 Å². The molecule has 1 aromatic rings. The van der Waals surface area contributed by atoms with Gasteiger partial charge in [0.2, 0.25) is 5.91 Å². The predicted molar refractivity (Wildman–Crippen MR) is 107 cm³/mol. The molecule has 0 aliphatic carbocycles. The van der Waals surface area contributed by atoms with E-state index < -0.39 is 10.8 Å². The molecule has 0 saturated carbocycles. The van der Waals surface area contributed by atoms with Gasteiger partial charge in [-0.3, -0.25) is 24.6 Å². The molecule has 0 spiro atoms. The van der Waals surface area contributed by atoms with Crippen LogP contribution < -0.4 is 15.0 Å². The van der Waals surface area contributed by atoms with E-state index in [2.05, 4.69) is 22.2 Å². The Hall–Kier alpha value is -2.72. The third kappa shape index (κ3) is 5.64. The maximum atomic E-state index is 12.3. The van der Waals surface area contributed by atoms with Crippen LogP contribution >= 0.6 is 0 Å². The third-order valence-electron chi connectivity index (χ3n) is 5.22. The standard InChI is InChI=1S/C19H27N5O5/c1-21-8-10-22(11-9-21)7-3-2-6-20-18(25)13-23-16-12-15(24(27)28)4-5-17(16)29-14-19(23)26/h4-5,12H,2-3,6-11,13-14H2,1H3,(H,20,25). The topological polar surface area (TPSA) is 108 Å². The highest BCUT2D eigenvalue weighted by Gasteiger charge is 2.29. The van der Waals surface area contributed by atoms with Gasteiger partial charge in [0.1, 0.15) is 12.3 Å². The Morgan fingerprint density at radius 2 is 2.00 bits per heavy atom. The van der Waals surface area contributed by atoms with Gasteiger partial charge in [-0.15, -0.1) is 0 Å². The number of nitrogens with zero attached hydrogens (tertiary/aromatic N) is 4. The van der Waals surface area contributed by atoms with Crippen LogP contribution in [0.5, 0.6) is 5.75 Å². The molecule has 29 heavy (non-hydrogen) atoms. The lowest BCUT2D eigenvalue weighted by Crippen LogP contribution is -2.45. The number of anilines is 1. The van der Waals surface area contributed by atoms with Crippen molar-refractivity contribution in [2.45, 2.75) is 12.8 Å². The van der Waals surface area contributed by atoms with Crippen LogP contribution in [0.25, 0.3) is 0 Å². The van der Waals surface area contributed by atoms with Crippen LogP contribution in [0.4, 0.5) is 11.4 Å². The van der Waals surface area contributed by atoms with Gasteiger partial charge in [0.25, 0.3) is 11.6 Å². The second-order valence-electron chi connectivity index (χ2n) is 7.38. The lowest BCUT2D eigenvalue weighted by molar-refractivity contribution is -0.384. The number of hydrogen-bond donors (Lipinski definition) is 1. The first-order chi connectivity index (χ1) is 13.9. The number of hydrogen-bond acceptors (Lipinski definition) is 7. The highest BCUT2D eigenvalue weighted by Crippen LogP contribution is 2.35. The lowest BCUT2D eigenvalue weighted by atomic mass is 10.2. The van der Waals surface area contributed by atoms with Gasteiger partial charge in [0.15, 0.2) is 6.61 Å². The van der Waals surface area contributed by atoms with Crippen molar-refractivity contribution in [1.82, 2.24) is 15.1 Å². The number of nitrogens with one attached hydrogen (secondary N) is 1. The summed E-state index contributed by atoms with van der Waals surface area (Å²) in [5.41, 5.74) is 0.0945. The molecule has 10 nitrogen and oxygen atoms in total. The van der Waals surface area contributed by atoms with E-state index in [9.17, 15) is 19.7 Å². The molecule has 1 fully saturated rings. The summed E-state index contributed by atoms with van der Waals surface area (Å²) in [5.74, 6) is -0.337. The molecular weight excluding hydrogens is 378 g/mol. The summed E-state index contributed by atoms with van der Waals surface area (Å²) in [4.78, 5) is 40.9. The number of nitro groups is 1. The van der Waals surface area contributed by atoms with Gasteiger partial charge in [-0.2, -0.15) is 0 Å². The molecule has 1 aromatic carbocycles. The maximum absolute atomic E-state index is 12.3. The summed E-state index contributed by atoms with van der Waals surface area (Å²) in [6, 6.07) is 4.02. The number of carbonyl (C=O) groups excluding carboxylic acids is 2. The normalized spacial score (nSPS) is 17.6. The number of nitro benzene ring substituents is 1. The molecule has 158 valence electrons. The van der Waals surface area contributed by atoms with Crippen LogP contribution in [-0.2, 0) is 9.59 Å². The number of carbonyl (C=O) groups is 2. The molecule has 0 atom stereocenters. The summed E-state index contributed by atoms with van der Waals surface area (Å²) in [6.07, 6.45) is 1.85. The summed E-state index contributed by atoms with van der Waals surface area (Å²) >= 11 is 0. The van der Waals surface area contributed by atoms with Crippen LogP contribution in [-0.4, -0.2) is 86.0 Å². The second kappa shape index (κ2) is 9.66. The zero-order valence-electron chi connectivity index (χ0n) is 16.6. The zero-order valence-corrected chi connectivity index (χ0v) is 16.6. The minimum absolute atomic E-state index is 0.156. The maximum Gasteiger partial charge on any atom is 0.271 e. The van der Waals surface area contributed by atoms with E-state index in [-0.39, 0.29) is 30.4 Å². The number of unbranched alkanes of at least 4 members (excludes halogenated alkanes) is 1. The molecule has 0 aromatic heterocycles. The van der Waals surface area contributed by atoms with Crippen molar-refractivity contribution in [1.29, 1.82) is 0 Å². The van der Waals surface area contributed by atoms with Gasteiger partial charge >= 0.3 is 0 Å². The monoisotopic (exact) mass is 405 g/mol. The van der Waals surface area contributed by atoms with E-state index in [4.69, 9.17) is 4.74 Å². The van der Waals surface area contributed by atoms with E-state index in [0.717, 1.165) is 45.6 Å². The summed E-state index contributed by atoms with van der Waals surface area (Å²) in [6.45, 7) is 5.50. The molecule has 2 aliphatic heterocycles. The van der Waals surface area contributed by atoms with Gasteiger partial charge in [-0.25, -0.2) is 0 Å². The average Bonchev–Trinajstić information content (AvgIpc) is 2.71. The first kappa shape index (κ1) is 21.0. The number of amides is 2. The quantitative estimate of drug-likeness (QED) is 0.380. The largest absolute Gasteiger partial charge is 0.482 e. The van der Waals surface area contributed by atoms with Gasteiger partial charge < -0.3 is 19.9 Å². The molecule has 2 heterocycles. The molecule has 0 radical (unpaired) electrons. The van der Waals surface area contributed by atoms with Crippen LogP contribution in [0, 0.1) is 10.1 Å². The van der Waals surface area contributed by atoms with Crippen molar-refractivity contribution in [2.75, 3.05) is 64.4 Å². The Balaban J connectivity index is 1.45. The Morgan fingerprint density at radius 3 is 2.72 bits per heavy atom. The van der Waals surface area contributed by atoms with Crippen molar-refractivity contribution in [2.24, 2.45) is 0 Å². The molecule has 0 unspecified atom stereocenters. The Labute approximate surface area is 169 Å². The Kier molecular flexibility index (Phi) is 6.99. The van der Waals surface area contributed by atoms with Crippen molar-refractivity contribution in [3.63, 3.8) is 0 Å². The summed E-state index contributed by atoms with van der Waals surface area (Å²) in [5, 5.41) is 13.8. The molecule has 1 N–H and O–H groups in total. The van der Waals surface area contributed by atoms with Crippen molar-refractivity contribution >= 4 is 23.2 Å². The fourth-order valence-electron chi connectivity index (χ4n) is 3.44. The predicted octanol–water partition coefficient (Wildman–Crippen LogP) is 0.464. The molecule has 1 saturated heterocycles. The smallest absolute Gasteiger partial charge is 0.271 e. The number of rotatable bonds is 8. The fraction of sp³-hybridized carbons (Fsp3) is 0.579. The number of ether oxygens (including phenoxy) is 1. The number of likely N-dealkylation sites (N-methyl/N-ethyl adjacent to an activating group) is 1.